The molecule has 0 radical (unpaired) electrons. The van der Waals surface area contributed by atoms with Gasteiger partial charge in [-0.1, -0.05) is 13.0 Å². The predicted molar refractivity (Wildman–Crippen MR) is 81.5 cm³/mol. The van der Waals surface area contributed by atoms with Crippen LogP contribution in [0.25, 0.3) is 0 Å². The molecule has 1 aliphatic heterocycles. The Morgan fingerprint density at radius 2 is 2.35 bits per heavy atom. The molecule has 0 bridgehead atoms. The predicted octanol–water partition coefficient (Wildman–Crippen LogP) is 3.64. The number of carbonyl (C=O) groups is 1. The molecule has 20 heavy (non-hydrogen) atoms. The summed E-state index contributed by atoms with van der Waals surface area (Å²) in [6.07, 6.45) is 1.00. The zero-order valence-corrected chi connectivity index (χ0v) is 12.0. The van der Waals surface area contributed by atoms with Gasteiger partial charge in [-0.05, 0) is 36.1 Å². The molecule has 1 atom stereocenters. The molecule has 1 aromatic carbocycles. The first kappa shape index (κ1) is 13.0. The highest BCUT2D eigenvalue weighted by atomic mass is 32.1. The van der Waals surface area contributed by atoms with E-state index < -0.39 is 0 Å². The molecular formula is C15H16N2O2S. The topological polar surface area (TPSA) is 50.4 Å². The first-order chi connectivity index (χ1) is 9.76. The summed E-state index contributed by atoms with van der Waals surface area (Å²) in [7, 11) is 0. The summed E-state index contributed by atoms with van der Waals surface area (Å²) < 4.78 is 5.36. The lowest BCUT2D eigenvalue weighted by molar-refractivity contribution is -0.118. The van der Waals surface area contributed by atoms with E-state index in [1.165, 1.54) is 4.88 Å². The minimum absolute atomic E-state index is 0.0898. The van der Waals surface area contributed by atoms with E-state index >= 15 is 0 Å². The average Bonchev–Trinajstić information content (AvgIpc) is 2.98. The van der Waals surface area contributed by atoms with Crippen molar-refractivity contribution < 1.29 is 9.53 Å². The fourth-order valence-electron chi connectivity index (χ4n) is 2.24. The molecule has 3 rings (SSSR count). The highest BCUT2D eigenvalue weighted by Crippen LogP contribution is 2.33. The Hall–Kier alpha value is -2.01. The lowest BCUT2D eigenvalue weighted by Gasteiger charge is -2.21. The average molecular weight is 288 g/mol. The van der Waals surface area contributed by atoms with Gasteiger partial charge in [-0.25, -0.2) is 0 Å². The highest BCUT2D eigenvalue weighted by Gasteiger charge is 2.17. The van der Waals surface area contributed by atoms with Crippen LogP contribution in [0.2, 0.25) is 0 Å². The minimum Gasteiger partial charge on any atom is -0.482 e. The Morgan fingerprint density at radius 1 is 1.45 bits per heavy atom. The summed E-state index contributed by atoms with van der Waals surface area (Å²) in [6.45, 7) is 2.24. The Balaban J connectivity index is 1.80. The van der Waals surface area contributed by atoms with Gasteiger partial charge in [-0.15, -0.1) is 11.3 Å². The van der Waals surface area contributed by atoms with Crippen LogP contribution in [0.1, 0.15) is 24.3 Å². The lowest BCUT2D eigenvalue weighted by Crippen LogP contribution is -2.25. The number of thiophene rings is 1. The second-order valence-electron chi connectivity index (χ2n) is 4.67. The molecule has 0 aliphatic carbocycles. The van der Waals surface area contributed by atoms with Crippen LogP contribution < -0.4 is 15.4 Å². The van der Waals surface area contributed by atoms with E-state index in [1.54, 1.807) is 11.3 Å². The van der Waals surface area contributed by atoms with E-state index in [1.807, 2.05) is 18.2 Å². The number of amides is 1. The van der Waals surface area contributed by atoms with Crippen molar-refractivity contribution in [2.75, 3.05) is 17.2 Å². The number of hydrogen-bond acceptors (Lipinski definition) is 4. The molecule has 0 spiro atoms. The number of nitrogens with one attached hydrogen (secondary N) is 2. The second kappa shape index (κ2) is 5.54. The normalized spacial score (nSPS) is 14.9. The number of hydrogen-bond donors (Lipinski definition) is 2. The van der Waals surface area contributed by atoms with Crippen molar-refractivity contribution in [3.05, 3.63) is 40.6 Å². The van der Waals surface area contributed by atoms with Gasteiger partial charge in [0.15, 0.2) is 6.61 Å². The van der Waals surface area contributed by atoms with Crippen molar-refractivity contribution in [3.8, 4) is 5.75 Å². The Kier molecular flexibility index (Phi) is 3.60. The van der Waals surface area contributed by atoms with Crippen molar-refractivity contribution in [1.82, 2.24) is 0 Å². The maximum absolute atomic E-state index is 11.3. The quantitative estimate of drug-likeness (QED) is 0.903. The van der Waals surface area contributed by atoms with E-state index in [0.29, 0.717) is 0 Å². The highest BCUT2D eigenvalue weighted by molar-refractivity contribution is 7.10. The molecule has 104 valence electrons. The third-order valence-electron chi connectivity index (χ3n) is 3.25. The molecule has 1 unspecified atom stereocenters. The van der Waals surface area contributed by atoms with Gasteiger partial charge in [-0.2, -0.15) is 0 Å². The number of anilines is 2. The monoisotopic (exact) mass is 288 g/mol. The first-order valence-electron chi connectivity index (χ1n) is 6.63. The molecule has 1 amide bonds. The van der Waals surface area contributed by atoms with E-state index in [4.69, 9.17) is 4.74 Å². The SMILES string of the molecule is CCC(Nc1ccc2c(c1)NC(=O)CO2)c1cccs1. The molecule has 2 N–H and O–H groups in total. The zero-order valence-electron chi connectivity index (χ0n) is 11.2. The number of ether oxygens (including phenoxy) is 1. The number of benzene rings is 1. The van der Waals surface area contributed by atoms with Gasteiger partial charge >= 0.3 is 0 Å². The first-order valence-corrected chi connectivity index (χ1v) is 7.51. The fourth-order valence-corrected chi connectivity index (χ4v) is 3.10. The number of rotatable bonds is 4. The maximum atomic E-state index is 11.3. The van der Waals surface area contributed by atoms with Crippen LogP contribution in [0.5, 0.6) is 5.75 Å². The molecule has 4 nitrogen and oxygen atoms in total. The molecule has 5 heteroatoms. The Bertz CT molecular complexity index is 610. The van der Waals surface area contributed by atoms with Crippen LogP contribution in [0.4, 0.5) is 11.4 Å². The van der Waals surface area contributed by atoms with Crippen molar-refractivity contribution in [2.45, 2.75) is 19.4 Å². The van der Waals surface area contributed by atoms with Crippen LogP contribution in [-0.4, -0.2) is 12.5 Å². The second-order valence-corrected chi connectivity index (χ2v) is 5.65. The molecule has 1 aromatic heterocycles. The maximum Gasteiger partial charge on any atom is 0.262 e. The van der Waals surface area contributed by atoms with E-state index in [9.17, 15) is 4.79 Å². The van der Waals surface area contributed by atoms with Crippen LogP contribution in [-0.2, 0) is 4.79 Å². The number of fused-ring (bicyclic) bond motifs is 1. The molecule has 2 heterocycles. The summed E-state index contributed by atoms with van der Waals surface area (Å²) in [4.78, 5) is 12.7. The summed E-state index contributed by atoms with van der Waals surface area (Å²) >= 11 is 1.75. The lowest BCUT2D eigenvalue weighted by atomic mass is 10.1. The third-order valence-corrected chi connectivity index (χ3v) is 4.23. The largest absolute Gasteiger partial charge is 0.482 e. The molecule has 0 saturated heterocycles. The number of carbonyl (C=O) groups excluding carboxylic acids is 1. The zero-order chi connectivity index (χ0) is 13.9. The van der Waals surface area contributed by atoms with Crippen LogP contribution in [0.15, 0.2) is 35.7 Å². The van der Waals surface area contributed by atoms with Gasteiger partial charge < -0.3 is 15.4 Å². The van der Waals surface area contributed by atoms with E-state index in [-0.39, 0.29) is 18.6 Å². The summed E-state index contributed by atoms with van der Waals surface area (Å²) in [5.74, 6) is 0.610. The van der Waals surface area contributed by atoms with Crippen molar-refractivity contribution >= 4 is 28.6 Å². The fraction of sp³-hybridized carbons (Fsp3) is 0.267. The van der Waals surface area contributed by atoms with Gasteiger partial charge in [-0.3, -0.25) is 4.79 Å². The van der Waals surface area contributed by atoms with Crippen LogP contribution in [0.3, 0.4) is 0 Å². The van der Waals surface area contributed by atoms with Gasteiger partial charge in [0.2, 0.25) is 0 Å². The third kappa shape index (κ3) is 2.63. The van der Waals surface area contributed by atoms with E-state index in [2.05, 4.69) is 35.1 Å². The van der Waals surface area contributed by atoms with Gasteiger partial charge in [0.25, 0.3) is 5.91 Å². The summed E-state index contributed by atoms with van der Waals surface area (Å²) in [6, 6.07) is 10.3. The summed E-state index contributed by atoms with van der Waals surface area (Å²) in [5.41, 5.74) is 1.71. The van der Waals surface area contributed by atoms with Crippen LogP contribution in [0, 0.1) is 0 Å². The van der Waals surface area contributed by atoms with Crippen molar-refractivity contribution in [3.63, 3.8) is 0 Å². The minimum atomic E-state index is -0.111. The van der Waals surface area contributed by atoms with Crippen LogP contribution >= 0.6 is 11.3 Å². The van der Waals surface area contributed by atoms with Crippen molar-refractivity contribution in [2.24, 2.45) is 0 Å². The molecule has 0 saturated carbocycles. The van der Waals surface area contributed by atoms with Gasteiger partial charge in [0, 0.05) is 10.6 Å². The van der Waals surface area contributed by atoms with Crippen molar-refractivity contribution in [1.29, 1.82) is 0 Å². The summed E-state index contributed by atoms with van der Waals surface area (Å²) in [5, 5.41) is 8.41. The smallest absolute Gasteiger partial charge is 0.262 e. The molecule has 1 aliphatic rings. The Morgan fingerprint density at radius 3 is 3.10 bits per heavy atom. The molecular weight excluding hydrogens is 272 g/mol. The van der Waals surface area contributed by atoms with Gasteiger partial charge in [0.1, 0.15) is 5.75 Å². The standard InChI is InChI=1S/C15H16N2O2S/c1-2-11(14-4-3-7-20-14)16-10-5-6-13-12(8-10)17-15(18)9-19-13/h3-8,11,16H,2,9H2,1H3,(H,17,18). The van der Waals surface area contributed by atoms with E-state index in [0.717, 1.165) is 23.5 Å². The molecule has 2 aromatic rings. The Labute approximate surface area is 121 Å². The molecule has 0 fully saturated rings. The van der Waals surface area contributed by atoms with Gasteiger partial charge in [0.05, 0.1) is 11.7 Å².